The van der Waals surface area contributed by atoms with E-state index in [9.17, 15) is 0 Å². The third-order valence-corrected chi connectivity index (χ3v) is 4.34. The van der Waals surface area contributed by atoms with Crippen molar-refractivity contribution in [2.75, 3.05) is 64.8 Å². The van der Waals surface area contributed by atoms with Gasteiger partial charge in [-0.05, 0) is 38.7 Å². The molecule has 1 heterocycles. The zero-order valence-corrected chi connectivity index (χ0v) is 13.9. The molecule has 0 aliphatic carbocycles. The lowest BCUT2D eigenvalue weighted by atomic mass is 10.1. The lowest BCUT2D eigenvalue weighted by Crippen LogP contribution is -2.48. The Labute approximate surface area is 133 Å². The first-order valence-electron chi connectivity index (χ1n) is 7.71. The van der Waals surface area contributed by atoms with Crippen molar-refractivity contribution in [1.29, 1.82) is 0 Å². The van der Waals surface area contributed by atoms with E-state index in [1.54, 1.807) is 0 Å². The van der Waals surface area contributed by atoms with Crippen LogP contribution in [0, 0.1) is 0 Å². The molecule has 1 fully saturated rings. The zero-order valence-electron chi connectivity index (χ0n) is 13.2. The topological polar surface area (TPSA) is 35.7 Å². The number of likely N-dealkylation sites (N-methyl/N-ethyl adjacent to an activating group) is 1. The van der Waals surface area contributed by atoms with Gasteiger partial charge in [0.25, 0.3) is 0 Å². The van der Waals surface area contributed by atoms with Gasteiger partial charge in [-0.25, -0.2) is 0 Å². The molecule has 0 radical (unpaired) electrons. The molecule has 0 spiro atoms. The lowest BCUT2D eigenvalue weighted by molar-refractivity contribution is 0.229. The summed E-state index contributed by atoms with van der Waals surface area (Å²) in [6.45, 7) is 7.19. The Bertz CT molecular complexity index is 442. The Kier molecular flexibility index (Phi) is 6.30. The summed E-state index contributed by atoms with van der Waals surface area (Å²) < 4.78 is 0. The number of rotatable bonds is 6. The van der Waals surface area contributed by atoms with E-state index in [0.29, 0.717) is 6.54 Å². The molecular weight excluding hydrogens is 284 g/mol. The van der Waals surface area contributed by atoms with Gasteiger partial charge >= 0.3 is 0 Å². The third-order valence-electron chi connectivity index (χ3n) is 4.04. The Hall–Kier alpha value is -0.810. The van der Waals surface area contributed by atoms with E-state index in [2.05, 4.69) is 34.9 Å². The number of piperazine rings is 1. The monoisotopic (exact) mass is 310 g/mol. The second kappa shape index (κ2) is 7.99. The molecule has 0 bridgehead atoms. The van der Waals surface area contributed by atoms with Gasteiger partial charge in [-0.1, -0.05) is 23.7 Å². The van der Waals surface area contributed by atoms with Crippen LogP contribution in [0.5, 0.6) is 0 Å². The maximum Gasteiger partial charge on any atom is 0.0642 e. The van der Waals surface area contributed by atoms with E-state index in [1.807, 2.05) is 12.1 Å². The number of hydrogen-bond acceptors (Lipinski definition) is 4. The Morgan fingerprint density at radius 2 is 1.90 bits per heavy atom. The second-order valence-corrected chi connectivity index (χ2v) is 6.33. The summed E-state index contributed by atoms with van der Waals surface area (Å²) >= 11 is 6.43. The standard InChI is InChI=1S/C16H27ClN4/c1-19(2)8-9-20-10-12-21(13-11-20)16-14(6-7-18)4-3-5-15(16)17/h3-5H,6-13,18H2,1-2H3. The van der Waals surface area contributed by atoms with E-state index in [-0.39, 0.29) is 0 Å². The minimum absolute atomic E-state index is 0.663. The van der Waals surface area contributed by atoms with Crippen molar-refractivity contribution < 1.29 is 0 Å². The molecule has 1 aromatic rings. The lowest BCUT2D eigenvalue weighted by Gasteiger charge is -2.37. The molecule has 2 rings (SSSR count). The molecule has 0 aromatic heterocycles. The average molecular weight is 311 g/mol. The van der Waals surface area contributed by atoms with E-state index < -0.39 is 0 Å². The first-order valence-corrected chi connectivity index (χ1v) is 8.09. The van der Waals surface area contributed by atoms with Crippen LogP contribution in [0.4, 0.5) is 5.69 Å². The molecule has 1 saturated heterocycles. The number of nitrogens with zero attached hydrogens (tertiary/aromatic N) is 3. The average Bonchev–Trinajstić information content (AvgIpc) is 2.46. The predicted octanol–water partition coefficient (Wildman–Crippen LogP) is 1.52. The minimum atomic E-state index is 0.663. The SMILES string of the molecule is CN(C)CCN1CCN(c2c(Cl)cccc2CCN)CC1. The van der Waals surface area contributed by atoms with Gasteiger partial charge in [-0.2, -0.15) is 0 Å². The summed E-state index contributed by atoms with van der Waals surface area (Å²) in [6, 6.07) is 6.14. The zero-order chi connectivity index (χ0) is 15.2. The van der Waals surface area contributed by atoms with Crippen LogP contribution in [0.2, 0.25) is 5.02 Å². The number of anilines is 1. The highest BCUT2D eigenvalue weighted by Crippen LogP contribution is 2.31. The highest BCUT2D eigenvalue weighted by Gasteiger charge is 2.20. The van der Waals surface area contributed by atoms with Gasteiger partial charge in [0.1, 0.15) is 0 Å². The highest BCUT2D eigenvalue weighted by atomic mass is 35.5. The van der Waals surface area contributed by atoms with Gasteiger partial charge < -0.3 is 15.5 Å². The van der Waals surface area contributed by atoms with Gasteiger partial charge in [-0.15, -0.1) is 0 Å². The smallest absolute Gasteiger partial charge is 0.0642 e. The van der Waals surface area contributed by atoms with Crippen molar-refractivity contribution in [1.82, 2.24) is 9.80 Å². The van der Waals surface area contributed by atoms with E-state index >= 15 is 0 Å². The molecule has 5 heteroatoms. The molecular formula is C16H27ClN4. The maximum atomic E-state index is 6.43. The van der Waals surface area contributed by atoms with Crippen LogP contribution in [0.15, 0.2) is 18.2 Å². The summed E-state index contributed by atoms with van der Waals surface area (Å²) in [5, 5.41) is 0.850. The first kappa shape index (κ1) is 16.6. The maximum absolute atomic E-state index is 6.43. The number of hydrogen-bond donors (Lipinski definition) is 1. The fraction of sp³-hybridized carbons (Fsp3) is 0.625. The quantitative estimate of drug-likeness (QED) is 0.864. The van der Waals surface area contributed by atoms with Crippen LogP contribution in [0.25, 0.3) is 0 Å². The van der Waals surface area contributed by atoms with Crippen molar-refractivity contribution in [3.63, 3.8) is 0 Å². The van der Waals surface area contributed by atoms with Crippen LogP contribution in [0.1, 0.15) is 5.56 Å². The van der Waals surface area contributed by atoms with Gasteiger partial charge in [0, 0.05) is 39.3 Å². The molecule has 0 unspecified atom stereocenters. The highest BCUT2D eigenvalue weighted by molar-refractivity contribution is 6.33. The number of nitrogens with two attached hydrogens (primary N) is 1. The van der Waals surface area contributed by atoms with Gasteiger partial charge in [-0.3, -0.25) is 4.90 Å². The van der Waals surface area contributed by atoms with Gasteiger partial charge in [0.15, 0.2) is 0 Å². The molecule has 0 saturated carbocycles. The predicted molar refractivity (Wildman–Crippen MR) is 91.4 cm³/mol. The van der Waals surface area contributed by atoms with Crippen molar-refractivity contribution in [3.05, 3.63) is 28.8 Å². The van der Waals surface area contributed by atoms with Crippen molar-refractivity contribution >= 4 is 17.3 Å². The van der Waals surface area contributed by atoms with Gasteiger partial charge in [0.2, 0.25) is 0 Å². The van der Waals surface area contributed by atoms with Gasteiger partial charge in [0.05, 0.1) is 10.7 Å². The molecule has 0 atom stereocenters. The molecule has 2 N–H and O–H groups in total. The fourth-order valence-electron chi connectivity index (χ4n) is 2.81. The summed E-state index contributed by atoms with van der Waals surface area (Å²) in [5.41, 5.74) is 8.19. The largest absolute Gasteiger partial charge is 0.368 e. The van der Waals surface area contributed by atoms with Crippen LogP contribution in [-0.2, 0) is 6.42 Å². The van der Waals surface area contributed by atoms with Crippen LogP contribution >= 0.6 is 11.6 Å². The van der Waals surface area contributed by atoms with E-state index in [4.69, 9.17) is 17.3 Å². The first-order chi connectivity index (χ1) is 10.1. The molecule has 1 aliphatic heterocycles. The normalized spacial score (nSPS) is 16.7. The van der Waals surface area contributed by atoms with E-state index in [1.165, 1.54) is 11.3 Å². The van der Waals surface area contributed by atoms with Crippen molar-refractivity contribution in [2.45, 2.75) is 6.42 Å². The molecule has 21 heavy (non-hydrogen) atoms. The summed E-state index contributed by atoms with van der Waals surface area (Å²) in [7, 11) is 4.25. The molecule has 118 valence electrons. The van der Waals surface area contributed by atoms with Crippen LogP contribution in [0.3, 0.4) is 0 Å². The molecule has 1 aliphatic rings. The Balaban J connectivity index is 1.99. The number of para-hydroxylation sites is 1. The Morgan fingerprint density at radius 1 is 1.19 bits per heavy atom. The van der Waals surface area contributed by atoms with Crippen molar-refractivity contribution in [2.24, 2.45) is 5.73 Å². The second-order valence-electron chi connectivity index (χ2n) is 5.92. The minimum Gasteiger partial charge on any atom is -0.368 e. The fourth-order valence-corrected chi connectivity index (χ4v) is 3.12. The number of benzene rings is 1. The molecule has 1 aromatic carbocycles. The Morgan fingerprint density at radius 3 is 2.52 bits per heavy atom. The van der Waals surface area contributed by atoms with E-state index in [0.717, 1.165) is 50.7 Å². The van der Waals surface area contributed by atoms with Crippen LogP contribution in [-0.4, -0.2) is 69.7 Å². The summed E-state index contributed by atoms with van der Waals surface area (Å²) in [4.78, 5) is 7.18. The summed E-state index contributed by atoms with van der Waals surface area (Å²) in [5.74, 6) is 0. The molecule has 0 amide bonds. The molecule has 4 nitrogen and oxygen atoms in total. The number of halogens is 1. The third kappa shape index (κ3) is 4.58. The summed E-state index contributed by atoms with van der Waals surface area (Å²) in [6.07, 6.45) is 0.886. The van der Waals surface area contributed by atoms with Crippen molar-refractivity contribution in [3.8, 4) is 0 Å². The van der Waals surface area contributed by atoms with Crippen LogP contribution < -0.4 is 10.6 Å².